The molecular formula is C18H23NO3. The van der Waals surface area contributed by atoms with Crippen LogP contribution in [0.15, 0.2) is 36.4 Å². The topological polar surface area (TPSA) is 47.6 Å². The molecule has 1 atom stereocenters. The van der Waals surface area contributed by atoms with Gasteiger partial charge in [-0.15, -0.1) is 0 Å². The summed E-state index contributed by atoms with van der Waals surface area (Å²) in [6, 6.07) is 7.56. The van der Waals surface area contributed by atoms with Crippen molar-refractivity contribution in [3.8, 4) is 5.75 Å². The van der Waals surface area contributed by atoms with Gasteiger partial charge in [0.25, 0.3) is 0 Å². The minimum atomic E-state index is 0.0828. The van der Waals surface area contributed by atoms with Crippen LogP contribution in [0.1, 0.15) is 32.1 Å². The van der Waals surface area contributed by atoms with Gasteiger partial charge in [-0.3, -0.25) is 4.79 Å². The van der Waals surface area contributed by atoms with Crippen molar-refractivity contribution in [3.63, 3.8) is 0 Å². The van der Waals surface area contributed by atoms with E-state index < -0.39 is 0 Å². The monoisotopic (exact) mass is 301 g/mol. The highest BCUT2D eigenvalue weighted by Gasteiger charge is 2.19. The Bertz CT molecular complexity index is 510. The number of ether oxygens (including phenoxy) is 2. The van der Waals surface area contributed by atoms with Crippen molar-refractivity contribution in [2.24, 2.45) is 5.92 Å². The zero-order valence-corrected chi connectivity index (χ0v) is 12.8. The predicted octanol–water partition coefficient (Wildman–Crippen LogP) is 3.54. The quantitative estimate of drug-likeness (QED) is 0.846. The first kappa shape index (κ1) is 15.1. The third-order valence-electron chi connectivity index (χ3n) is 4.21. The lowest BCUT2D eigenvalue weighted by Gasteiger charge is -2.22. The highest BCUT2D eigenvalue weighted by molar-refractivity contribution is 5.93. The molecule has 0 saturated carbocycles. The van der Waals surface area contributed by atoms with Crippen molar-refractivity contribution in [1.82, 2.24) is 0 Å². The van der Waals surface area contributed by atoms with Crippen molar-refractivity contribution in [2.45, 2.75) is 38.2 Å². The molecule has 4 nitrogen and oxygen atoms in total. The van der Waals surface area contributed by atoms with Gasteiger partial charge in [0.15, 0.2) is 0 Å². The van der Waals surface area contributed by atoms with Gasteiger partial charge in [0, 0.05) is 18.2 Å². The first-order valence-corrected chi connectivity index (χ1v) is 8.11. The molecule has 3 rings (SSSR count). The minimum absolute atomic E-state index is 0.0828. The zero-order chi connectivity index (χ0) is 15.2. The van der Waals surface area contributed by atoms with Gasteiger partial charge in [0.2, 0.25) is 5.91 Å². The second-order valence-electron chi connectivity index (χ2n) is 5.95. The van der Waals surface area contributed by atoms with E-state index in [4.69, 9.17) is 9.47 Å². The Labute approximate surface area is 131 Å². The SMILES string of the molecule is O=C(Nc1ccc(OCC2CCCCO2)cc1)C1CC=CC1. The van der Waals surface area contributed by atoms with Crippen LogP contribution in [0.2, 0.25) is 0 Å². The van der Waals surface area contributed by atoms with Crippen LogP contribution in [0.3, 0.4) is 0 Å². The van der Waals surface area contributed by atoms with E-state index >= 15 is 0 Å². The summed E-state index contributed by atoms with van der Waals surface area (Å²) >= 11 is 0. The van der Waals surface area contributed by atoms with E-state index in [2.05, 4.69) is 17.5 Å². The number of allylic oxidation sites excluding steroid dienone is 2. The molecule has 1 heterocycles. The van der Waals surface area contributed by atoms with Crippen molar-refractivity contribution in [1.29, 1.82) is 0 Å². The van der Waals surface area contributed by atoms with E-state index in [1.165, 1.54) is 6.42 Å². The van der Waals surface area contributed by atoms with Crippen molar-refractivity contribution in [2.75, 3.05) is 18.5 Å². The van der Waals surface area contributed by atoms with Crippen LogP contribution in [0, 0.1) is 5.92 Å². The van der Waals surface area contributed by atoms with Gasteiger partial charge >= 0.3 is 0 Å². The van der Waals surface area contributed by atoms with E-state index in [0.29, 0.717) is 6.61 Å². The summed E-state index contributed by atoms with van der Waals surface area (Å²) in [6.45, 7) is 1.44. The molecule has 1 fully saturated rings. The number of rotatable bonds is 5. The number of hydrogen-bond donors (Lipinski definition) is 1. The number of carbonyl (C=O) groups is 1. The van der Waals surface area contributed by atoms with Crippen LogP contribution in [0.5, 0.6) is 5.75 Å². The first-order chi connectivity index (χ1) is 10.8. The highest BCUT2D eigenvalue weighted by Crippen LogP contribution is 2.22. The van der Waals surface area contributed by atoms with E-state index in [0.717, 1.165) is 43.7 Å². The molecule has 22 heavy (non-hydrogen) atoms. The first-order valence-electron chi connectivity index (χ1n) is 8.11. The lowest BCUT2D eigenvalue weighted by molar-refractivity contribution is -0.119. The van der Waals surface area contributed by atoms with Crippen LogP contribution < -0.4 is 10.1 Å². The Balaban J connectivity index is 1.46. The lowest BCUT2D eigenvalue weighted by Crippen LogP contribution is -2.25. The van der Waals surface area contributed by atoms with Gasteiger partial charge in [0.05, 0.1) is 6.10 Å². The van der Waals surface area contributed by atoms with Crippen molar-refractivity contribution >= 4 is 11.6 Å². The largest absolute Gasteiger partial charge is 0.491 e. The van der Waals surface area contributed by atoms with Crippen LogP contribution in [-0.4, -0.2) is 25.2 Å². The summed E-state index contributed by atoms with van der Waals surface area (Å²) in [7, 11) is 0. The average molecular weight is 301 g/mol. The van der Waals surface area contributed by atoms with Crippen LogP contribution >= 0.6 is 0 Å². The third kappa shape index (κ3) is 4.10. The Morgan fingerprint density at radius 1 is 1.18 bits per heavy atom. The molecule has 0 aromatic heterocycles. The summed E-state index contributed by atoms with van der Waals surface area (Å²) in [5.41, 5.74) is 0.818. The third-order valence-corrected chi connectivity index (χ3v) is 4.21. The molecule has 1 amide bonds. The summed E-state index contributed by atoms with van der Waals surface area (Å²) < 4.78 is 11.4. The highest BCUT2D eigenvalue weighted by atomic mass is 16.5. The summed E-state index contributed by atoms with van der Waals surface area (Å²) in [5, 5.41) is 2.96. The standard InChI is InChI=1S/C18H23NO3/c20-18(14-5-1-2-6-14)19-15-8-10-16(11-9-15)22-13-17-7-3-4-12-21-17/h1-2,8-11,14,17H,3-7,12-13H2,(H,19,20). The second kappa shape index (κ2) is 7.45. The molecule has 2 aliphatic rings. The number of hydrogen-bond acceptors (Lipinski definition) is 3. The van der Waals surface area contributed by atoms with E-state index in [-0.39, 0.29) is 17.9 Å². The Hall–Kier alpha value is -1.81. The molecule has 4 heteroatoms. The van der Waals surface area contributed by atoms with Crippen LogP contribution in [-0.2, 0) is 9.53 Å². The van der Waals surface area contributed by atoms with E-state index in [9.17, 15) is 4.79 Å². The maximum absolute atomic E-state index is 12.0. The van der Waals surface area contributed by atoms with Gasteiger partial charge < -0.3 is 14.8 Å². The molecule has 0 radical (unpaired) electrons. The average Bonchev–Trinajstić information content (AvgIpc) is 3.10. The molecule has 1 aliphatic carbocycles. The predicted molar refractivity (Wildman–Crippen MR) is 86.0 cm³/mol. The molecular weight excluding hydrogens is 278 g/mol. The second-order valence-corrected chi connectivity index (χ2v) is 5.95. The molecule has 0 spiro atoms. The van der Waals surface area contributed by atoms with Crippen molar-refractivity contribution < 1.29 is 14.3 Å². The summed E-state index contributed by atoms with van der Waals surface area (Å²) in [6.07, 6.45) is 9.47. The molecule has 0 bridgehead atoms. The molecule has 118 valence electrons. The Morgan fingerprint density at radius 3 is 2.64 bits per heavy atom. The molecule has 1 unspecified atom stereocenters. The Morgan fingerprint density at radius 2 is 1.95 bits per heavy atom. The fourth-order valence-corrected chi connectivity index (χ4v) is 2.84. The zero-order valence-electron chi connectivity index (χ0n) is 12.8. The lowest BCUT2D eigenvalue weighted by atomic mass is 10.1. The molecule has 1 aliphatic heterocycles. The number of nitrogens with one attached hydrogen (secondary N) is 1. The maximum Gasteiger partial charge on any atom is 0.228 e. The van der Waals surface area contributed by atoms with Gasteiger partial charge in [-0.1, -0.05) is 12.2 Å². The number of benzene rings is 1. The number of amides is 1. The van der Waals surface area contributed by atoms with Gasteiger partial charge in [-0.05, 0) is 56.4 Å². The molecule has 1 saturated heterocycles. The smallest absolute Gasteiger partial charge is 0.228 e. The minimum Gasteiger partial charge on any atom is -0.491 e. The normalized spacial score (nSPS) is 21.7. The van der Waals surface area contributed by atoms with Crippen molar-refractivity contribution in [3.05, 3.63) is 36.4 Å². The van der Waals surface area contributed by atoms with Crippen LogP contribution in [0.25, 0.3) is 0 Å². The Kier molecular flexibility index (Phi) is 5.11. The van der Waals surface area contributed by atoms with E-state index in [1.807, 2.05) is 24.3 Å². The fraction of sp³-hybridized carbons (Fsp3) is 0.500. The summed E-state index contributed by atoms with van der Waals surface area (Å²) in [5.74, 6) is 0.989. The van der Waals surface area contributed by atoms with E-state index in [1.54, 1.807) is 0 Å². The van der Waals surface area contributed by atoms with Crippen LogP contribution in [0.4, 0.5) is 5.69 Å². The summed E-state index contributed by atoms with van der Waals surface area (Å²) in [4.78, 5) is 12.0. The maximum atomic E-state index is 12.0. The van der Waals surface area contributed by atoms with Gasteiger partial charge in [-0.25, -0.2) is 0 Å². The number of anilines is 1. The number of carbonyl (C=O) groups excluding carboxylic acids is 1. The molecule has 1 aromatic rings. The van der Waals surface area contributed by atoms with Gasteiger partial charge in [-0.2, -0.15) is 0 Å². The molecule has 1 aromatic carbocycles. The molecule has 1 N–H and O–H groups in total. The fourth-order valence-electron chi connectivity index (χ4n) is 2.84. The van der Waals surface area contributed by atoms with Gasteiger partial charge in [0.1, 0.15) is 12.4 Å².